The predicted octanol–water partition coefficient (Wildman–Crippen LogP) is 3.17. The maximum absolute atomic E-state index is 12.3. The quantitative estimate of drug-likeness (QED) is 0.816. The van der Waals surface area contributed by atoms with E-state index >= 15 is 0 Å². The van der Waals surface area contributed by atoms with Crippen molar-refractivity contribution in [3.8, 4) is 5.88 Å². The van der Waals surface area contributed by atoms with Crippen molar-refractivity contribution in [2.24, 2.45) is 0 Å². The van der Waals surface area contributed by atoms with E-state index in [4.69, 9.17) is 4.74 Å². The second-order valence-electron chi connectivity index (χ2n) is 5.67. The van der Waals surface area contributed by atoms with Crippen LogP contribution in [0.3, 0.4) is 0 Å². The minimum absolute atomic E-state index is 0.000628. The fraction of sp³-hybridized carbons (Fsp3) is 0.412. The van der Waals surface area contributed by atoms with Crippen LogP contribution in [-0.4, -0.2) is 28.1 Å². The number of amides is 1. The van der Waals surface area contributed by atoms with E-state index < -0.39 is 6.10 Å². The zero-order chi connectivity index (χ0) is 16.8. The van der Waals surface area contributed by atoms with Gasteiger partial charge in [0.05, 0.1) is 12.2 Å². The van der Waals surface area contributed by atoms with Crippen molar-refractivity contribution in [2.75, 3.05) is 0 Å². The molecule has 2 aromatic rings. The lowest BCUT2D eigenvalue weighted by atomic mass is 10.1. The van der Waals surface area contributed by atoms with Crippen molar-refractivity contribution < 1.29 is 14.6 Å². The number of aliphatic hydroxyl groups is 1. The molecule has 0 saturated heterocycles. The Morgan fingerprint density at radius 2 is 2.09 bits per heavy atom. The van der Waals surface area contributed by atoms with Crippen LogP contribution in [0.25, 0.3) is 0 Å². The summed E-state index contributed by atoms with van der Waals surface area (Å²) < 4.78 is 5.49. The molecule has 2 unspecified atom stereocenters. The lowest BCUT2D eigenvalue weighted by Gasteiger charge is -2.17. The molecule has 0 fully saturated rings. The summed E-state index contributed by atoms with van der Waals surface area (Å²) in [4.78, 5) is 17.4. The number of rotatable bonds is 7. The minimum atomic E-state index is -0.575. The van der Waals surface area contributed by atoms with Crippen LogP contribution in [0.15, 0.2) is 35.7 Å². The van der Waals surface area contributed by atoms with Gasteiger partial charge in [0.1, 0.15) is 5.69 Å². The molecule has 0 aliphatic carbocycles. The highest BCUT2D eigenvalue weighted by atomic mass is 32.1. The van der Waals surface area contributed by atoms with E-state index in [2.05, 4.69) is 10.3 Å². The number of hydrogen-bond donors (Lipinski definition) is 2. The summed E-state index contributed by atoms with van der Waals surface area (Å²) in [5.41, 5.74) is 0.306. The number of aliphatic hydroxyl groups excluding tert-OH is 1. The van der Waals surface area contributed by atoms with Gasteiger partial charge in [-0.3, -0.25) is 4.79 Å². The molecule has 2 aromatic heterocycles. The molecule has 1 amide bonds. The second kappa shape index (κ2) is 8.08. The smallest absolute Gasteiger partial charge is 0.270 e. The second-order valence-corrected chi connectivity index (χ2v) is 6.65. The lowest BCUT2D eigenvalue weighted by Crippen LogP contribution is -2.34. The van der Waals surface area contributed by atoms with Gasteiger partial charge in [-0.1, -0.05) is 12.1 Å². The molecule has 0 aliphatic heterocycles. The van der Waals surface area contributed by atoms with Gasteiger partial charge in [-0.05, 0) is 44.7 Å². The predicted molar refractivity (Wildman–Crippen MR) is 90.8 cm³/mol. The summed E-state index contributed by atoms with van der Waals surface area (Å²) in [5.74, 6) is 0.156. The van der Waals surface area contributed by atoms with E-state index in [1.54, 1.807) is 18.2 Å². The van der Waals surface area contributed by atoms with Crippen molar-refractivity contribution in [3.63, 3.8) is 0 Å². The Kier molecular flexibility index (Phi) is 6.12. The van der Waals surface area contributed by atoms with E-state index in [0.29, 0.717) is 18.0 Å². The van der Waals surface area contributed by atoms with Crippen LogP contribution in [0, 0.1) is 0 Å². The molecule has 2 rings (SSSR count). The van der Waals surface area contributed by atoms with Crippen LogP contribution >= 0.6 is 11.3 Å². The normalized spacial score (nSPS) is 13.6. The Morgan fingerprint density at radius 1 is 1.30 bits per heavy atom. The van der Waals surface area contributed by atoms with E-state index in [1.807, 2.05) is 38.3 Å². The van der Waals surface area contributed by atoms with Crippen LogP contribution in [0.2, 0.25) is 0 Å². The van der Waals surface area contributed by atoms with Crippen molar-refractivity contribution in [2.45, 2.75) is 45.4 Å². The van der Waals surface area contributed by atoms with Crippen molar-refractivity contribution in [3.05, 3.63) is 46.3 Å². The number of thiophene rings is 1. The third kappa shape index (κ3) is 5.33. The lowest BCUT2D eigenvalue weighted by molar-refractivity contribution is 0.0911. The highest BCUT2D eigenvalue weighted by Gasteiger charge is 2.17. The standard InChI is InChI=1S/C17H22N2O3S/c1-11(2)22-16-8-4-6-13(19-16)17(21)18-12(3)10-14(20)15-7-5-9-23-15/h4-9,11-12,14,20H,10H2,1-3H3,(H,18,21). The topological polar surface area (TPSA) is 71.5 Å². The van der Waals surface area contributed by atoms with Gasteiger partial charge < -0.3 is 15.2 Å². The molecule has 124 valence electrons. The number of nitrogens with zero attached hydrogens (tertiary/aromatic N) is 1. The number of hydrogen-bond acceptors (Lipinski definition) is 5. The van der Waals surface area contributed by atoms with E-state index in [9.17, 15) is 9.90 Å². The van der Waals surface area contributed by atoms with Gasteiger partial charge in [0, 0.05) is 17.0 Å². The first-order valence-electron chi connectivity index (χ1n) is 7.61. The summed E-state index contributed by atoms with van der Waals surface area (Å²) in [6.07, 6.45) is -0.122. The molecule has 0 aromatic carbocycles. The Balaban J connectivity index is 1.93. The number of ether oxygens (including phenoxy) is 1. The number of carbonyl (C=O) groups is 1. The summed E-state index contributed by atoms with van der Waals surface area (Å²) in [7, 11) is 0. The zero-order valence-corrected chi connectivity index (χ0v) is 14.3. The summed E-state index contributed by atoms with van der Waals surface area (Å²) >= 11 is 1.50. The molecule has 2 atom stereocenters. The van der Waals surface area contributed by atoms with Gasteiger partial charge in [-0.15, -0.1) is 11.3 Å². The van der Waals surface area contributed by atoms with Crippen LogP contribution in [0.5, 0.6) is 5.88 Å². The molecular weight excluding hydrogens is 312 g/mol. The zero-order valence-electron chi connectivity index (χ0n) is 13.5. The molecule has 2 heterocycles. The number of nitrogens with one attached hydrogen (secondary N) is 1. The SMILES string of the molecule is CC(CC(O)c1cccs1)NC(=O)c1cccc(OC(C)C)n1. The molecule has 23 heavy (non-hydrogen) atoms. The molecule has 0 aliphatic rings. The highest BCUT2D eigenvalue weighted by Crippen LogP contribution is 2.22. The van der Waals surface area contributed by atoms with Crippen molar-refractivity contribution in [1.82, 2.24) is 10.3 Å². The molecule has 0 saturated carbocycles. The first kappa shape index (κ1) is 17.4. The minimum Gasteiger partial charge on any atom is -0.475 e. The van der Waals surface area contributed by atoms with E-state index in [0.717, 1.165) is 4.88 Å². The molecule has 2 N–H and O–H groups in total. The van der Waals surface area contributed by atoms with Gasteiger partial charge in [0.25, 0.3) is 5.91 Å². The molecule has 0 spiro atoms. The first-order chi connectivity index (χ1) is 11.0. The molecule has 6 heteroatoms. The number of pyridine rings is 1. The Morgan fingerprint density at radius 3 is 2.74 bits per heavy atom. The van der Waals surface area contributed by atoms with Crippen molar-refractivity contribution in [1.29, 1.82) is 0 Å². The van der Waals surface area contributed by atoms with Gasteiger partial charge >= 0.3 is 0 Å². The molecule has 0 bridgehead atoms. The first-order valence-corrected chi connectivity index (χ1v) is 8.49. The van der Waals surface area contributed by atoms with E-state index in [1.165, 1.54) is 11.3 Å². The average Bonchev–Trinajstić information content (AvgIpc) is 3.00. The van der Waals surface area contributed by atoms with Crippen LogP contribution in [0.4, 0.5) is 0 Å². The van der Waals surface area contributed by atoms with Gasteiger partial charge in [0.2, 0.25) is 5.88 Å². The summed E-state index contributed by atoms with van der Waals surface area (Å²) in [5, 5.41) is 14.9. The number of carbonyl (C=O) groups excluding carboxylic acids is 1. The third-order valence-corrected chi connectivity index (χ3v) is 4.11. The third-order valence-electron chi connectivity index (χ3n) is 3.14. The van der Waals surface area contributed by atoms with Crippen LogP contribution < -0.4 is 10.1 Å². The largest absolute Gasteiger partial charge is 0.475 e. The van der Waals surface area contributed by atoms with Crippen LogP contribution in [0.1, 0.15) is 48.7 Å². The monoisotopic (exact) mass is 334 g/mol. The van der Waals surface area contributed by atoms with Gasteiger partial charge in [-0.25, -0.2) is 4.98 Å². The Bertz CT molecular complexity index is 629. The summed E-state index contributed by atoms with van der Waals surface area (Å²) in [6.45, 7) is 5.67. The molecule has 0 radical (unpaired) electrons. The summed E-state index contributed by atoms with van der Waals surface area (Å²) in [6, 6.07) is 8.72. The Hall–Kier alpha value is -1.92. The fourth-order valence-corrected chi connectivity index (χ4v) is 2.86. The molecular formula is C17H22N2O3S. The van der Waals surface area contributed by atoms with Gasteiger partial charge in [0.15, 0.2) is 0 Å². The fourth-order valence-electron chi connectivity index (χ4n) is 2.14. The molecule has 5 nitrogen and oxygen atoms in total. The van der Waals surface area contributed by atoms with Gasteiger partial charge in [-0.2, -0.15) is 0 Å². The number of aromatic nitrogens is 1. The maximum Gasteiger partial charge on any atom is 0.270 e. The Labute approximate surface area is 140 Å². The average molecular weight is 334 g/mol. The highest BCUT2D eigenvalue weighted by molar-refractivity contribution is 7.10. The van der Waals surface area contributed by atoms with Crippen LogP contribution in [-0.2, 0) is 0 Å². The van der Waals surface area contributed by atoms with Crippen molar-refractivity contribution >= 4 is 17.2 Å². The maximum atomic E-state index is 12.3. The van der Waals surface area contributed by atoms with E-state index in [-0.39, 0.29) is 18.1 Å².